The van der Waals surface area contributed by atoms with E-state index in [4.69, 9.17) is 10.9 Å². The van der Waals surface area contributed by atoms with Gasteiger partial charge in [-0.3, -0.25) is 4.79 Å². The zero-order valence-electron chi connectivity index (χ0n) is 9.82. The van der Waals surface area contributed by atoms with Crippen LogP contribution in [0, 0.1) is 17.8 Å². The SMILES string of the molecule is CC(CNC(=O)C(C)C(C)C)C(N)=NO. The summed E-state index contributed by atoms with van der Waals surface area (Å²) in [5, 5.41) is 14.1. The Morgan fingerprint density at radius 2 is 1.93 bits per heavy atom. The first-order valence-corrected chi connectivity index (χ1v) is 5.15. The van der Waals surface area contributed by atoms with Crippen molar-refractivity contribution in [2.24, 2.45) is 28.6 Å². The number of hydrogen-bond donors (Lipinski definition) is 3. The van der Waals surface area contributed by atoms with Crippen molar-refractivity contribution in [2.45, 2.75) is 27.7 Å². The molecule has 0 aliphatic carbocycles. The third-order valence-electron chi connectivity index (χ3n) is 2.62. The van der Waals surface area contributed by atoms with Crippen LogP contribution in [0.25, 0.3) is 0 Å². The van der Waals surface area contributed by atoms with Crippen molar-refractivity contribution < 1.29 is 10.0 Å². The molecule has 0 rings (SSSR count). The topological polar surface area (TPSA) is 87.7 Å². The van der Waals surface area contributed by atoms with Crippen LogP contribution in [0.4, 0.5) is 0 Å². The molecule has 88 valence electrons. The van der Waals surface area contributed by atoms with Gasteiger partial charge in [-0.1, -0.05) is 32.9 Å². The van der Waals surface area contributed by atoms with Crippen LogP contribution in [0.1, 0.15) is 27.7 Å². The lowest BCUT2D eigenvalue weighted by Crippen LogP contribution is -2.38. The molecule has 0 aliphatic heterocycles. The first-order chi connectivity index (χ1) is 6.90. The molecule has 0 aliphatic rings. The summed E-state index contributed by atoms with van der Waals surface area (Å²) in [5.41, 5.74) is 5.39. The van der Waals surface area contributed by atoms with E-state index in [0.29, 0.717) is 12.5 Å². The van der Waals surface area contributed by atoms with Gasteiger partial charge in [-0.15, -0.1) is 0 Å². The first kappa shape index (κ1) is 13.7. The van der Waals surface area contributed by atoms with E-state index in [1.807, 2.05) is 20.8 Å². The van der Waals surface area contributed by atoms with E-state index in [0.717, 1.165) is 0 Å². The maximum atomic E-state index is 11.5. The van der Waals surface area contributed by atoms with Crippen molar-refractivity contribution in [3.8, 4) is 0 Å². The maximum Gasteiger partial charge on any atom is 0.223 e. The minimum Gasteiger partial charge on any atom is -0.409 e. The lowest BCUT2D eigenvalue weighted by molar-refractivity contribution is -0.125. The second kappa shape index (κ2) is 6.27. The minimum absolute atomic E-state index is 0.00240. The van der Waals surface area contributed by atoms with Crippen LogP contribution >= 0.6 is 0 Å². The smallest absolute Gasteiger partial charge is 0.223 e. The van der Waals surface area contributed by atoms with Gasteiger partial charge in [0.25, 0.3) is 0 Å². The van der Waals surface area contributed by atoms with Crippen molar-refractivity contribution in [2.75, 3.05) is 6.54 Å². The summed E-state index contributed by atoms with van der Waals surface area (Å²) in [6.07, 6.45) is 0. The Kier molecular flexibility index (Phi) is 5.74. The number of oxime groups is 1. The Morgan fingerprint density at radius 3 is 2.33 bits per heavy atom. The highest BCUT2D eigenvalue weighted by Gasteiger charge is 2.17. The Hall–Kier alpha value is -1.26. The maximum absolute atomic E-state index is 11.5. The molecule has 0 spiro atoms. The van der Waals surface area contributed by atoms with Crippen LogP contribution in [0.2, 0.25) is 0 Å². The summed E-state index contributed by atoms with van der Waals surface area (Å²) in [5.74, 6) is 0.266. The van der Waals surface area contributed by atoms with Gasteiger partial charge in [0.15, 0.2) is 0 Å². The van der Waals surface area contributed by atoms with E-state index in [2.05, 4.69) is 10.5 Å². The Morgan fingerprint density at radius 1 is 1.40 bits per heavy atom. The molecule has 2 atom stereocenters. The van der Waals surface area contributed by atoms with E-state index in [1.54, 1.807) is 6.92 Å². The number of nitrogens with two attached hydrogens (primary N) is 1. The van der Waals surface area contributed by atoms with Gasteiger partial charge in [0.05, 0.1) is 0 Å². The molecule has 0 heterocycles. The highest BCUT2D eigenvalue weighted by Crippen LogP contribution is 2.09. The van der Waals surface area contributed by atoms with Crippen LogP contribution in [0.3, 0.4) is 0 Å². The largest absolute Gasteiger partial charge is 0.409 e. The number of amides is 1. The fourth-order valence-corrected chi connectivity index (χ4v) is 0.921. The molecule has 0 saturated heterocycles. The van der Waals surface area contributed by atoms with Crippen LogP contribution < -0.4 is 11.1 Å². The molecule has 5 heteroatoms. The average Bonchev–Trinajstić information content (AvgIpc) is 2.22. The molecule has 2 unspecified atom stereocenters. The van der Waals surface area contributed by atoms with Gasteiger partial charge in [0.2, 0.25) is 5.91 Å². The summed E-state index contributed by atoms with van der Waals surface area (Å²) in [7, 11) is 0. The highest BCUT2D eigenvalue weighted by atomic mass is 16.4. The van der Waals surface area contributed by atoms with Crippen LogP contribution in [0.15, 0.2) is 5.16 Å². The van der Waals surface area contributed by atoms with Gasteiger partial charge in [0, 0.05) is 18.4 Å². The molecule has 15 heavy (non-hydrogen) atoms. The second-order valence-corrected chi connectivity index (χ2v) is 4.20. The number of amidine groups is 1. The number of rotatable bonds is 5. The number of hydrogen-bond acceptors (Lipinski definition) is 3. The Bertz CT molecular complexity index is 239. The fraction of sp³-hybridized carbons (Fsp3) is 0.800. The molecule has 0 aromatic rings. The summed E-state index contributed by atoms with van der Waals surface area (Å²) < 4.78 is 0. The zero-order chi connectivity index (χ0) is 12.0. The summed E-state index contributed by atoms with van der Waals surface area (Å²) in [6, 6.07) is 0. The lowest BCUT2D eigenvalue weighted by atomic mass is 9.97. The first-order valence-electron chi connectivity index (χ1n) is 5.15. The fourth-order valence-electron chi connectivity index (χ4n) is 0.921. The van der Waals surface area contributed by atoms with Crippen LogP contribution in [-0.2, 0) is 4.79 Å². The summed E-state index contributed by atoms with van der Waals surface area (Å²) >= 11 is 0. The predicted molar refractivity (Wildman–Crippen MR) is 59.6 cm³/mol. The highest BCUT2D eigenvalue weighted by molar-refractivity contribution is 5.83. The molecule has 0 saturated carbocycles. The molecule has 0 fully saturated rings. The van der Waals surface area contributed by atoms with Crippen molar-refractivity contribution in [1.29, 1.82) is 0 Å². The molecule has 0 aromatic carbocycles. The molecular formula is C10H21N3O2. The molecular weight excluding hydrogens is 194 g/mol. The van der Waals surface area contributed by atoms with E-state index >= 15 is 0 Å². The van der Waals surface area contributed by atoms with Crippen molar-refractivity contribution in [3.05, 3.63) is 0 Å². The predicted octanol–water partition coefficient (Wildman–Crippen LogP) is 0.777. The third kappa shape index (κ3) is 4.67. The number of nitrogens with zero attached hydrogens (tertiary/aromatic N) is 1. The van der Waals surface area contributed by atoms with Crippen LogP contribution in [0.5, 0.6) is 0 Å². The van der Waals surface area contributed by atoms with Gasteiger partial charge in [-0.2, -0.15) is 0 Å². The quantitative estimate of drug-likeness (QED) is 0.274. The van der Waals surface area contributed by atoms with Gasteiger partial charge in [-0.25, -0.2) is 0 Å². The number of carbonyl (C=O) groups is 1. The minimum atomic E-state index is -0.154. The molecule has 1 amide bonds. The molecule has 5 nitrogen and oxygen atoms in total. The molecule has 0 aromatic heterocycles. The van der Waals surface area contributed by atoms with Crippen molar-refractivity contribution >= 4 is 11.7 Å². The van der Waals surface area contributed by atoms with Gasteiger partial charge < -0.3 is 16.3 Å². The van der Waals surface area contributed by atoms with E-state index < -0.39 is 0 Å². The average molecular weight is 215 g/mol. The third-order valence-corrected chi connectivity index (χ3v) is 2.62. The van der Waals surface area contributed by atoms with Gasteiger partial charge >= 0.3 is 0 Å². The van der Waals surface area contributed by atoms with E-state index in [1.165, 1.54) is 0 Å². The van der Waals surface area contributed by atoms with Gasteiger partial charge in [0.1, 0.15) is 5.84 Å². The van der Waals surface area contributed by atoms with Crippen molar-refractivity contribution in [1.82, 2.24) is 5.32 Å². The monoisotopic (exact) mass is 215 g/mol. The molecule has 0 bridgehead atoms. The molecule has 0 radical (unpaired) electrons. The normalized spacial score (nSPS) is 16.2. The zero-order valence-corrected chi connectivity index (χ0v) is 9.82. The van der Waals surface area contributed by atoms with E-state index in [-0.39, 0.29) is 23.6 Å². The summed E-state index contributed by atoms with van der Waals surface area (Å²) in [6.45, 7) is 8.06. The Labute approximate surface area is 90.7 Å². The van der Waals surface area contributed by atoms with Gasteiger partial charge in [-0.05, 0) is 5.92 Å². The Balaban J connectivity index is 4.01. The standard InChI is InChI=1S/C10H21N3O2/c1-6(2)8(4)10(14)12-5-7(3)9(11)13-15/h6-8,15H,5H2,1-4H3,(H2,11,13)(H,12,14). The summed E-state index contributed by atoms with van der Waals surface area (Å²) in [4.78, 5) is 11.5. The number of carbonyl (C=O) groups excluding carboxylic acids is 1. The number of nitrogens with one attached hydrogen (secondary N) is 1. The van der Waals surface area contributed by atoms with E-state index in [9.17, 15) is 4.79 Å². The van der Waals surface area contributed by atoms with Crippen molar-refractivity contribution in [3.63, 3.8) is 0 Å². The van der Waals surface area contributed by atoms with Crippen LogP contribution in [-0.4, -0.2) is 23.5 Å². The lowest BCUT2D eigenvalue weighted by Gasteiger charge is -2.17. The second-order valence-electron chi connectivity index (χ2n) is 4.20. The molecule has 4 N–H and O–H groups in total.